The second kappa shape index (κ2) is 5.87. The summed E-state index contributed by atoms with van der Waals surface area (Å²) in [6.45, 7) is 4.93. The number of hydrogen-bond acceptors (Lipinski definition) is 4. The van der Waals surface area contributed by atoms with Crippen LogP contribution in [0.25, 0.3) is 0 Å². The molecule has 0 aliphatic carbocycles. The number of likely N-dealkylation sites (tertiary alicyclic amines) is 1. The maximum atomic E-state index is 5.57. The highest BCUT2D eigenvalue weighted by atomic mass is 16.5. The largest absolute Gasteiger partial charge is 0.490 e. The van der Waals surface area contributed by atoms with E-state index in [9.17, 15) is 0 Å². The molecule has 1 atom stereocenters. The molecule has 1 aliphatic rings. The number of nitrogens with zero attached hydrogens (tertiary/aromatic N) is 2. The van der Waals surface area contributed by atoms with Gasteiger partial charge in [0.05, 0.1) is 6.61 Å². The molecular formula is C13H21N3O. The minimum atomic E-state index is 0.475. The molecule has 0 spiro atoms. The lowest BCUT2D eigenvalue weighted by Gasteiger charge is -2.30. The Morgan fingerprint density at radius 3 is 3.24 bits per heavy atom. The SMILES string of the molecule is CCOc1cccnc1NC1CCCN(C)C1. The molecule has 0 bridgehead atoms. The number of aromatic nitrogens is 1. The van der Waals surface area contributed by atoms with Gasteiger partial charge in [-0.15, -0.1) is 0 Å². The molecule has 4 nitrogen and oxygen atoms in total. The van der Waals surface area contributed by atoms with Crippen molar-refractivity contribution in [2.45, 2.75) is 25.8 Å². The molecule has 17 heavy (non-hydrogen) atoms. The zero-order valence-corrected chi connectivity index (χ0v) is 10.6. The van der Waals surface area contributed by atoms with Crippen LogP contribution in [0.1, 0.15) is 19.8 Å². The molecule has 0 saturated carbocycles. The van der Waals surface area contributed by atoms with Crippen molar-refractivity contribution in [1.29, 1.82) is 0 Å². The van der Waals surface area contributed by atoms with Gasteiger partial charge in [0.15, 0.2) is 11.6 Å². The Hall–Kier alpha value is -1.29. The minimum absolute atomic E-state index is 0.475. The van der Waals surface area contributed by atoms with Gasteiger partial charge in [0, 0.05) is 18.8 Å². The molecule has 1 N–H and O–H groups in total. The molecule has 0 amide bonds. The van der Waals surface area contributed by atoms with E-state index in [4.69, 9.17) is 4.74 Å². The van der Waals surface area contributed by atoms with Crippen LogP contribution in [0.2, 0.25) is 0 Å². The molecule has 2 heterocycles. The van der Waals surface area contributed by atoms with Crippen molar-refractivity contribution < 1.29 is 4.74 Å². The number of likely N-dealkylation sites (N-methyl/N-ethyl adjacent to an activating group) is 1. The maximum absolute atomic E-state index is 5.57. The van der Waals surface area contributed by atoms with E-state index in [2.05, 4.69) is 22.2 Å². The molecular weight excluding hydrogens is 214 g/mol. The van der Waals surface area contributed by atoms with Crippen LogP contribution in [0.5, 0.6) is 5.75 Å². The normalized spacial score (nSPS) is 21.2. The second-order valence-electron chi connectivity index (χ2n) is 4.53. The number of piperidine rings is 1. The molecule has 1 fully saturated rings. The number of hydrogen-bond donors (Lipinski definition) is 1. The van der Waals surface area contributed by atoms with Gasteiger partial charge in [-0.3, -0.25) is 0 Å². The third kappa shape index (κ3) is 3.33. The van der Waals surface area contributed by atoms with Gasteiger partial charge in [0.2, 0.25) is 0 Å². The summed E-state index contributed by atoms with van der Waals surface area (Å²) in [4.78, 5) is 6.71. The first-order valence-corrected chi connectivity index (χ1v) is 6.32. The van der Waals surface area contributed by atoms with Crippen LogP contribution >= 0.6 is 0 Å². The fourth-order valence-electron chi connectivity index (χ4n) is 2.25. The van der Waals surface area contributed by atoms with Crippen LogP contribution < -0.4 is 10.1 Å². The van der Waals surface area contributed by atoms with Gasteiger partial charge >= 0.3 is 0 Å². The maximum Gasteiger partial charge on any atom is 0.169 e. The van der Waals surface area contributed by atoms with E-state index >= 15 is 0 Å². The van der Waals surface area contributed by atoms with Crippen molar-refractivity contribution in [1.82, 2.24) is 9.88 Å². The number of ether oxygens (including phenoxy) is 1. The molecule has 1 unspecified atom stereocenters. The highest BCUT2D eigenvalue weighted by molar-refractivity contribution is 5.50. The molecule has 94 valence electrons. The number of rotatable bonds is 4. The number of pyridine rings is 1. The first kappa shape index (κ1) is 12.2. The van der Waals surface area contributed by atoms with Crippen LogP contribution in [0.15, 0.2) is 18.3 Å². The summed E-state index contributed by atoms with van der Waals surface area (Å²) in [6, 6.07) is 4.34. The van der Waals surface area contributed by atoms with Crippen molar-refractivity contribution in [3.8, 4) is 5.75 Å². The predicted octanol–water partition coefficient (Wildman–Crippen LogP) is 1.99. The van der Waals surface area contributed by atoms with Crippen LogP contribution in [0.3, 0.4) is 0 Å². The van der Waals surface area contributed by atoms with Gasteiger partial charge in [0.1, 0.15) is 0 Å². The standard InChI is InChI=1S/C13H21N3O/c1-3-17-12-7-4-8-14-13(12)15-11-6-5-9-16(2)10-11/h4,7-8,11H,3,5-6,9-10H2,1-2H3,(H,14,15). The molecule has 4 heteroatoms. The average molecular weight is 235 g/mol. The zero-order chi connectivity index (χ0) is 12.1. The van der Waals surface area contributed by atoms with Crippen molar-refractivity contribution in [2.24, 2.45) is 0 Å². The van der Waals surface area contributed by atoms with Crippen molar-refractivity contribution >= 4 is 5.82 Å². The molecule has 1 aromatic heterocycles. The van der Waals surface area contributed by atoms with Gasteiger partial charge < -0.3 is 15.0 Å². The van der Waals surface area contributed by atoms with E-state index in [-0.39, 0.29) is 0 Å². The second-order valence-corrected chi connectivity index (χ2v) is 4.53. The Morgan fingerprint density at radius 1 is 1.59 bits per heavy atom. The summed E-state index contributed by atoms with van der Waals surface area (Å²) in [5, 5.41) is 3.49. The topological polar surface area (TPSA) is 37.4 Å². The quantitative estimate of drug-likeness (QED) is 0.866. The lowest BCUT2D eigenvalue weighted by molar-refractivity contribution is 0.260. The van der Waals surface area contributed by atoms with Crippen LogP contribution in [-0.2, 0) is 0 Å². The Morgan fingerprint density at radius 2 is 2.47 bits per heavy atom. The number of nitrogens with one attached hydrogen (secondary N) is 1. The van der Waals surface area contributed by atoms with E-state index < -0.39 is 0 Å². The first-order valence-electron chi connectivity index (χ1n) is 6.32. The van der Waals surface area contributed by atoms with E-state index in [0.717, 1.165) is 18.1 Å². The Balaban J connectivity index is 2.01. The van der Waals surface area contributed by atoms with Crippen molar-refractivity contribution in [3.63, 3.8) is 0 Å². The third-order valence-electron chi connectivity index (χ3n) is 3.04. The van der Waals surface area contributed by atoms with E-state index in [1.807, 2.05) is 19.1 Å². The fraction of sp³-hybridized carbons (Fsp3) is 0.615. The van der Waals surface area contributed by atoms with Gasteiger partial charge in [-0.2, -0.15) is 0 Å². The molecule has 2 rings (SSSR count). The first-order chi connectivity index (χ1) is 8.29. The summed E-state index contributed by atoms with van der Waals surface area (Å²) in [5.41, 5.74) is 0. The summed E-state index contributed by atoms with van der Waals surface area (Å²) in [6.07, 6.45) is 4.24. The average Bonchev–Trinajstić information content (AvgIpc) is 2.32. The molecule has 1 aromatic rings. The minimum Gasteiger partial charge on any atom is -0.490 e. The predicted molar refractivity (Wildman–Crippen MR) is 69.5 cm³/mol. The van der Waals surface area contributed by atoms with Gasteiger partial charge in [-0.25, -0.2) is 4.98 Å². The van der Waals surface area contributed by atoms with E-state index in [1.54, 1.807) is 6.20 Å². The van der Waals surface area contributed by atoms with Gasteiger partial charge in [0.25, 0.3) is 0 Å². The van der Waals surface area contributed by atoms with Gasteiger partial charge in [-0.05, 0) is 45.5 Å². The third-order valence-corrected chi connectivity index (χ3v) is 3.04. The van der Waals surface area contributed by atoms with E-state index in [1.165, 1.54) is 19.4 Å². The summed E-state index contributed by atoms with van der Waals surface area (Å²) < 4.78 is 5.57. The summed E-state index contributed by atoms with van der Waals surface area (Å²) >= 11 is 0. The summed E-state index contributed by atoms with van der Waals surface area (Å²) in [5.74, 6) is 1.72. The highest BCUT2D eigenvalue weighted by Gasteiger charge is 2.18. The monoisotopic (exact) mass is 235 g/mol. The molecule has 0 radical (unpaired) electrons. The lowest BCUT2D eigenvalue weighted by Crippen LogP contribution is -2.39. The van der Waals surface area contributed by atoms with Gasteiger partial charge in [-0.1, -0.05) is 0 Å². The Labute approximate surface area is 103 Å². The fourth-order valence-corrected chi connectivity index (χ4v) is 2.25. The number of anilines is 1. The zero-order valence-electron chi connectivity index (χ0n) is 10.6. The van der Waals surface area contributed by atoms with Crippen molar-refractivity contribution in [3.05, 3.63) is 18.3 Å². The van der Waals surface area contributed by atoms with Crippen LogP contribution in [0.4, 0.5) is 5.82 Å². The highest BCUT2D eigenvalue weighted by Crippen LogP contribution is 2.23. The van der Waals surface area contributed by atoms with Crippen LogP contribution in [0, 0.1) is 0 Å². The van der Waals surface area contributed by atoms with Crippen molar-refractivity contribution in [2.75, 3.05) is 32.1 Å². The molecule has 0 aromatic carbocycles. The lowest BCUT2D eigenvalue weighted by atomic mass is 10.1. The molecule has 1 aliphatic heterocycles. The van der Waals surface area contributed by atoms with E-state index in [0.29, 0.717) is 12.6 Å². The molecule has 1 saturated heterocycles. The summed E-state index contributed by atoms with van der Waals surface area (Å²) in [7, 11) is 2.16. The smallest absolute Gasteiger partial charge is 0.169 e. The Bertz CT molecular complexity index is 356. The Kier molecular flexibility index (Phi) is 4.20. The van der Waals surface area contributed by atoms with Crippen LogP contribution in [-0.4, -0.2) is 42.7 Å².